The van der Waals surface area contributed by atoms with E-state index in [0.29, 0.717) is 6.54 Å². The van der Waals surface area contributed by atoms with Gasteiger partial charge in [0.15, 0.2) is 0 Å². The van der Waals surface area contributed by atoms with Crippen LogP contribution in [-0.4, -0.2) is 28.8 Å². The Morgan fingerprint density at radius 1 is 1.59 bits per heavy atom. The van der Waals surface area contributed by atoms with Gasteiger partial charge in [-0.1, -0.05) is 6.92 Å². The lowest BCUT2D eigenvalue weighted by Crippen LogP contribution is -2.41. The Balaban J connectivity index is 1.86. The lowest BCUT2D eigenvalue weighted by Gasteiger charge is -2.23. The summed E-state index contributed by atoms with van der Waals surface area (Å²) >= 11 is 1.82. The smallest absolute Gasteiger partial charge is 0.120 e. The fraction of sp³-hybridized carbons (Fsp3) is 0.692. The first-order valence-electron chi connectivity index (χ1n) is 6.25. The molecule has 1 aliphatic heterocycles. The molecule has 96 valence electrons. The molecule has 1 aliphatic rings. The van der Waals surface area contributed by atoms with Gasteiger partial charge < -0.3 is 14.8 Å². The fourth-order valence-corrected chi connectivity index (χ4v) is 3.29. The number of thioether (sulfide) groups is 1. The Kier molecular flexibility index (Phi) is 4.17. The quantitative estimate of drug-likeness (QED) is 0.848. The summed E-state index contributed by atoms with van der Waals surface area (Å²) < 4.78 is 5.69. The minimum atomic E-state index is -0.529. The number of aliphatic hydroxyl groups is 1. The highest BCUT2D eigenvalue weighted by atomic mass is 32.2. The maximum absolute atomic E-state index is 10.2. The molecule has 1 aromatic heterocycles. The zero-order chi connectivity index (χ0) is 12.3. The van der Waals surface area contributed by atoms with E-state index in [9.17, 15) is 5.11 Å². The first kappa shape index (κ1) is 13.0. The standard InChI is InChI=1S/C13H21NO2S/c1-3-11-4-5-12(16-11)10(2)14-8-13(15)6-7-17-9-13/h4-5,10,14-15H,3,6-9H2,1-2H3. The molecule has 4 heteroatoms. The van der Waals surface area contributed by atoms with Crippen LogP contribution in [0.25, 0.3) is 0 Å². The van der Waals surface area contributed by atoms with Crippen molar-refractivity contribution >= 4 is 11.8 Å². The van der Waals surface area contributed by atoms with Crippen molar-refractivity contribution in [2.75, 3.05) is 18.1 Å². The van der Waals surface area contributed by atoms with E-state index >= 15 is 0 Å². The van der Waals surface area contributed by atoms with Gasteiger partial charge in [0.2, 0.25) is 0 Å². The van der Waals surface area contributed by atoms with Gasteiger partial charge in [0.25, 0.3) is 0 Å². The zero-order valence-electron chi connectivity index (χ0n) is 10.5. The van der Waals surface area contributed by atoms with Crippen LogP contribution in [0.1, 0.15) is 37.8 Å². The van der Waals surface area contributed by atoms with Crippen LogP contribution in [0.3, 0.4) is 0 Å². The maximum atomic E-state index is 10.2. The molecule has 0 amide bonds. The predicted molar refractivity (Wildman–Crippen MR) is 71.4 cm³/mol. The second kappa shape index (κ2) is 5.46. The fourth-order valence-electron chi connectivity index (χ4n) is 2.00. The van der Waals surface area contributed by atoms with Gasteiger partial charge >= 0.3 is 0 Å². The van der Waals surface area contributed by atoms with E-state index in [1.54, 1.807) is 0 Å². The number of furan rings is 1. The molecule has 2 rings (SSSR count). The van der Waals surface area contributed by atoms with Crippen LogP contribution in [0.4, 0.5) is 0 Å². The van der Waals surface area contributed by atoms with Crippen LogP contribution >= 0.6 is 11.8 Å². The van der Waals surface area contributed by atoms with E-state index in [0.717, 1.165) is 35.9 Å². The molecule has 0 saturated carbocycles. The number of hydrogen-bond donors (Lipinski definition) is 2. The van der Waals surface area contributed by atoms with Crippen LogP contribution in [0, 0.1) is 0 Å². The van der Waals surface area contributed by atoms with E-state index in [1.165, 1.54) is 0 Å². The average molecular weight is 255 g/mol. The van der Waals surface area contributed by atoms with Gasteiger partial charge in [0.05, 0.1) is 11.6 Å². The summed E-state index contributed by atoms with van der Waals surface area (Å²) in [5.74, 6) is 3.87. The van der Waals surface area contributed by atoms with Crippen LogP contribution < -0.4 is 5.32 Å². The Morgan fingerprint density at radius 3 is 3.00 bits per heavy atom. The molecule has 2 atom stereocenters. The van der Waals surface area contributed by atoms with Crippen molar-refractivity contribution in [2.45, 2.75) is 38.3 Å². The van der Waals surface area contributed by atoms with E-state index in [4.69, 9.17) is 4.42 Å². The molecule has 0 aliphatic carbocycles. The topological polar surface area (TPSA) is 45.4 Å². The van der Waals surface area contributed by atoms with Crippen molar-refractivity contribution in [1.29, 1.82) is 0 Å². The Hall–Kier alpha value is -0.450. The second-order valence-corrected chi connectivity index (χ2v) is 5.89. The van der Waals surface area contributed by atoms with Crippen molar-refractivity contribution in [3.8, 4) is 0 Å². The van der Waals surface area contributed by atoms with Crippen LogP contribution in [0.15, 0.2) is 16.5 Å². The molecule has 0 radical (unpaired) electrons. The summed E-state index contributed by atoms with van der Waals surface area (Å²) in [6.07, 6.45) is 1.81. The predicted octanol–water partition coefficient (Wildman–Crippen LogP) is 2.36. The van der Waals surface area contributed by atoms with Crippen LogP contribution in [0.5, 0.6) is 0 Å². The third-order valence-corrected chi connectivity index (χ3v) is 4.51. The Labute approximate surface area is 107 Å². The van der Waals surface area contributed by atoms with Gasteiger partial charge in [0.1, 0.15) is 11.5 Å². The van der Waals surface area contributed by atoms with Crippen LogP contribution in [0.2, 0.25) is 0 Å². The summed E-state index contributed by atoms with van der Waals surface area (Å²) in [4.78, 5) is 0. The monoisotopic (exact) mass is 255 g/mol. The Bertz CT molecular complexity index is 358. The first-order chi connectivity index (χ1) is 8.13. The highest BCUT2D eigenvalue weighted by Crippen LogP contribution is 2.28. The van der Waals surface area contributed by atoms with Crippen molar-refractivity contribution < 1.29 is 9.52 Å². The molecule has 2 heterocycles. The lowest BCUT2D eigenvalue weighted by molar-refractivity contribution is 0.0643. The molecule has 2 unspecified atom stereocenters. The largest absolute Gasteiger partial charge is 0.464 e. The molecule has 17 heavy (non-hydrogen) atoms. The normalized spacial score (nSPS) is 26.3. The van der Waals surface area contributed by atoms with Gasteiger partial charge in [-0.3, -0.25) is 0 Å². The SMILES string of the molecule is CCc1ccc(C(C)NCC2(O)CCSC2)o1. The Morgan fingerprint density at radius 2 is 2.41 bits per heavy atom. The molecular formula is C13H21NO2S. The van der Waals surface area contributed by atoms with Crippen LogP contribution in [-0.2, 0) is 6.42 Å². The minimum Gasteiger partial charge on any atom is -0.464 e. The molecule has 1 aromatic rings. The van der Waals surface area contributed by atoms with Gasteiger partial charge in [-0.15, -0.1) is 0 Å². The third-order valence-electron chi connectivity index (χ3n) is 3.28. The van der Waals surface area contributed by atoms with E-state index in [-0.39, 0.29) is 6.04 Å². The van der Waals surface area contributed by atoms with E-state index in [1.807, 2.05) is 23.9 Å². The van der Waals surface area contributed by atoms with E-state index in [2.05, 4.69) is 19.2 Å². The van der Waals surface area contributed by atoms with Crippen molar-refractivity contribution in [3.05, 3.63) is 23.7 Å². The van der Waals surface area contributed by atoms with Crippen molar-refractivity contribution in [3.63, 3.8) is 0 Å². The molecule has 1 fully saturated rings. The number of aryl methyl sites for hydroxylation is 1. The molecular weight excluding hydrogens is 234 g/mol. The summed E-state index contributed by atoms with van der Waals surface area (Å²) in [5.41, 5.74) is -0.529. The highest BCUT2D eigenvalue weighted by Gasteiger charge is 2.31. The minimum absolute atomic E-state index is 0.157. The maximum Gasteiger partial charge on any atom is 0.120 e. The highest BCUT2D eigenvalue weighted by molar-refractivity contribution is 7.99. The average Bonchev–Trinajstić information content (AvgIpc) is 2.95. The summed E-state index contributed by atoms with van der Waals surface area (Å²) in [6, 6.07) is 4.20. The number of rotatable bonds is 5. The van der Waals surface area contributed by atoms with Gasteiger partial charge in [-0.05, 0) is 31.2 Å². The summed E-state index contributed by atoms with van der Waals surface area (Å²) in [5, 5.41) is 13.6. The lowest BCUT2D eigenvalue weighted by atomic mass is 10.0. The van der Waals surface area contributed by atoms with Gasteiger partial charge in [-0.25, -0.2) is 0 Å². The number of nitrogens with one attached hydrogen (secondary N) is 1. The molecule has 0 spiro atoms. The molecule has 3 nitrogen and oxygen atoms in total. The van der Waals surface area contributed by atoms with E-state index < -0.39 is 5.60 Å². The van der Waals surface area contributed by atoms with Gasteiger partial charge in [0, 0.05) is 18.7 Å². The van der Waals surface area contributed by atoms with Gasteiger partial charge in [-0.2, -0.15) is 11.8 Å². The van der Waals surface area contributed by atoms with Crippen molar-refractivity contribution in [1.82, 2.24) is 5.32 Å². The molecule has 0 bridgehead atoms. The molecule has 0 aromatic carbocycles. The zero-order valence-corrected chi connectivity index (χ0v) is 11.3. The third kappa shape index (κ3) is 3.27. The molecule has 1 saturated heterocycles. The first-order valence-corrected chi connectivity index (χ1v) is 7.40. The molecule has 2 N–H and O–H groups in total. The van der Waals surface area contributed by atoms with Crippen molar-refractivity contribution in [2.24, 2.45) is 0 Å². The summed E-state index contributed by atoms with van der Waals surface area (Å²) in [7, 11) is 0. The summed E-state index contributed by atoms with van der Waals surface area (Å²) in [6.45, 7) is 4.80. The second-order valence-electron chi connectivity index (χ2n) is 4.79. The number of hydrogen-bond acceptors (Lipinski definition) is 4.